The molecule has 0 aliphatic carbocycles. The Kier molecular flexibility index (Phi) is 6.46. The van der Waals surface area contributed by atoms with Crippen LogP contribution in [0.15, 0.2) is 42.7 Å². The molecule has 5 rings (SSSR count). The highest BCUT2D eigenvalue weighted by atomic mass is 35.5. The molecule has 1 amide bonds. The first-order valence-corrected chi connectivity index (χ1v) is 12.1. The van der Waals surface area contributed by atoms with E-state index in [1.165, 1.54) is 6.07 Å². The third-order valence-corrected chi connectivity index (χ3v) is 7.32. The number of hydrogen-bond acceptors (Lipinski definition) is 5. The molecule has 2 aliphatic heterocycles. The first-order chi connectivity index (χ1) is 16.5. The number of hydrogen-bond donors (Lipinski definition) is 2. The van der Waals surface area contributed by atoms with Crippen molar-refractivity contribution >= 4 is 34.2 Å². The van der Waals surface area contributed by atoms with E-state index in [0.29, 0.717) is 30.2 Å². The van der Waals surface area contributed by atoms with Gasteiger partial charge >= 0.3 is 0 Å². The number of aliphatic hydroxyl groups excluding tert-OH is 1. The minimum atomic E-state index is -0.346. The van der Waals surface area contributed by atoms with Crippen molar-refractivity contribution in [2.24, 2.45) is 0 Å². The normalized spacial score (nSPS) is 21.9. The first kappa shape index (κ1) is 23.1. The second-order valence-electron chi connectivity index (χ2n) is 9.13. The summed E-state index contributed by atoms with van der Waals surface area (Å²) in [5.41, 5.74) is 3.25. The molecule has 2 aromatic carbocycles. The highest BCUT2D eigenvalue weighted by molar-refractivity contribution is 6.30. The van der Waals surface area contributed by atoms with Crippen molar-refractivity contribution in [1.29, 1.82) is 0 Å². The lowest BCUT2D eigenvalue weighted by atomic mass is 10.1. The van der Waals surface area contributed by atoms with E-state index in [-0.39, 0.29) is 36.5 Å². The zero-order valence-electron chi connectivity index (χ0n) is 19.1. The summed E-state index contributed by atoms with van der Waals surface area (Å²) in [6.07, 6.45) is 3.59. The summed E-state index contributed by atoms with van der Waals surface area (Å²) >= 11 is 5.93. The summed E-state index contributed by atoms with van der Waals surface area (Å²) in [6.45, 7) is 4.51. The molecule has 3 aromatic rings. The molecule has 9 heteroatoms. The van der Waals surface area contributed by atoms with Gasteiger partial charge in [0.05, 0.1) is 42.1 Å². The number of carbonyl (C=O) groups excluding carboxylic acids is 1. The lowest BCUT2D eigenvalue weighted by molar-refractivity contribution is -0.136. The Morgan fingerprint density at radius 2 is 2.15 bits per heavy atom. The van der Waals surface area contributed by atoms with Crippen molar-refractivity contribution in [3.8, 4) is 0 Å². The van der Waals surface area contributed by atoms with E-state index in [1.54, 1.807) is 18.5 Å². The van der Waals surface area contributed by atoms with Gasteiger partial charge in [0.2, 0.25) is 5.91 Å². The number of benzene rings is 2. The summed E-state index contributed by atoms with van der Waals surface area (Å²) in [5, 5.41) is 13.7. The van der Waals surface area contributed by atoms with E-state index < -0.39 is 0 Å². The fraction of sp³-hybridized carbons (Fsp3) is 0.440. The van der Waals surface area contributed by atoms with Crippen LogP contribution in [-0.4, -0.2) is 70.3 Å². The maximum absolute atomic E-state index is 14.6. The largest absolute Gasteiger partial charge is 0.394 e. The molecule has 2 saturated heterocycles. The molecule has 2 N–H and O–H groups in total. The van der Waals surface area contributed by atoms with Crippen LogP contribution in [0.5, 0.6) is 0 Å². The summed E-state index contributed by atoms with van der Waals surface area (Å²) in [6, 6.07) is 10.1. The van der Waals surface area contributed by atoms with Gasteiger partial charge in [-0.3, -0.25) is 4.79 Å². The van der Waals surface area contributed by atoms with Crippen molar-refractivity contribution < 1.29 is 14.3 Å². The number of nitrogens with one attached hydrogen (secondary N) is 1. The molecule has 2 unspecified atom stereocenters. The maximum Gasteiger partial charge on any atom is 0.240 e. The smallest absolute Gasteiger partial charge is 0.240 e. The molecule has 2 aliphatic rings. The number of aliphatic hydroxyl groups is 1. The number of fused-ring (bicyclic) bond motifs is 1. The van der Waals surface area contributed by atoms with Crippen LogP contribution >= 0.6 is 11.6 Å². The van der Waals surface area contributed by atoms with Gasteiger partial charge in [0, 0.05) is 35.9 Å². The van der Waals surface area contributed by atoms with Crippen LogP contribution in [-0.2, 0) is 4.79 Å². The Morgan fingerprint density at radius 3 is 2.88 bits per heavy atom. The number of piperazine rings is 1. The lowest BCUT2D eigenvalue weighted by Crippen LogP contribution is -2.59. The van der Waals surface area contributed by atoms with Crippen LogP contribution in [0.4, 0.5) is 10.1 Å². The Labute approximate surface area is 203 Å². The highest BCUT2D eigenvalue weighted by Gasteiger charge is 2.35. The molecule has 3 heterocycles. The Morgan fingerprint density at radius 1 is 1.29 bits per heavy atom. The van der Waals surface area contributed by atoms with Gasteiger partial charge in [0.25, 0.3) is 0 Å². The number of aromatic nitrogens is 2. The molecule has 0 bridgehead atoms. The molecule has 180 valence electrons. The number of imidazole rings is 1. The van der Waals surface area contributed by atoms with Gasteiger partial charge < -0.3 is 24.8 Å². The van der Waals surface area contributed by atoms with E-state index in [1.807, 2.05) is 28.5 Å². The Bertz CT molecular complexity index is 1200. The molecule has 34 heavy (non-hydrogen) atoms. The second kappa shape index (κ2) is 9.52. The summed E-state index contributed by atoms with van der Waals surface area (Å²) in [5.74, 6) is -0.259. The SMILES string of the molecule is C[C@H](c1ccc(Cl)cc1F)n1cnc2ccc(N3CCN(C(=O)C4CCCN4)C(CO)C3)cc21. The molecule has 3 atom stereocenters. The predicted octanol–water partition coefficient (Wildman–Crippen LogP) is 3.20. The number of anilines is 1. The molecular weight excluding hydrogens is 457 g/mol. The van der Waals surface area contributed by atoms with E-state index in [4.69, 9.17) is 11.6 Å². The summed E-state index contributed by atoms with van der Waals surface area (Å²) in [7, 11) is 0. The van der Waals surface area contributed by atoms with Crippen LogP contribution < -0.4 is 10.2 Å². The zero-order valence-corrected chi connectivity index (χ0v) is 19.9. The van der Waals surface area contributed by atoms with E-state index in [0.717, 1.165) is 36.1 Å². The van der Waals surface area contributed by atoms with Gasteiger partial charge in [-0.25, -0.2) is 9.37 Å². The standard InChI is InChI=1S/C25H29ClFN5O2/c1-16(20-6-4-17(26)11-21(20)27)32-15-29-22-7-5-18(12-24(22)32)30-9-10-31(19(13-30)14-33)25(34)23-3-2-8-28-23/h4-7,11-12,15-16,19,23,28,33H,2-3,8-10,13-14H2,1H3/t16-,19?,23?/m1/s1. The van der Waals surface area contributed by atoms with Crippen LogP contribution in [0.25, 0.3) is 11.0 Å². The summed E-state index contributed by atoms with van der Waals surface area (Å²) < 4.78 is 16.5. The number of nitrogens with zero attached hydrogens (tertiary/aromatic N) is 4. The molecular formula is C25H29ClFN5O2. The fourth-order valence-electron chi connectivity index (χ4n) is 5.14. The first-order valence-electron chi connectivity index (χ1n) is 11.8. The number of carbonyl (C=O) groups is 1. The molecule has 0 spiro atoms. The monoisotopic (exact) mass is 485 g/mol. The van der Waals surface area contributed by atoms with E-state index in [2.05, 4.69) is 21.3 Å². The van der Waals surface area contributed by atoms with Crippen LogP contribution in [0.1, 0.15) is 31.4 Å². The van der Waals surface area contributed by atoms with Crippen molar-refractivity contribution in [2.75, 3.05) is 37.7 Å². The fourth-order valence-corrected chi connectivity index (χ4v) is 5.30. The minimum absolute atomic E-state index is 0.0813. The van der Waals surface area contributed by atoms with Gasteiger partial charge in [-0.05, 0) is 56.6 Å². The number of amides is 1. The molecule has 0 saturated carbocycles. The van der Waals surface area contributed by atoms with Gasteiger partial charge in [-0.2, -0.15) is 0 Å². The number of rotatable bonds is 5. The van der Waals surface area contributed by atoms with Crippen LogP contribution in [0.2, 0.25) is 5.02 Å². The Hall–Kier alpha value is -2.68. The average molecular weight is 486 g/mol. The third kappa shape index (κ3) is 4.26. The van der Waals surface area contributed by atoms with Crippen molar-refractivity contribution in [2.45, 2.75) is 37.9 Å². The average Bonchev–Trinajstić information content (AvgIpc) is 3.53. The molecule has 2 fully saturated rings. The van der Waals surface area contributed by atoms with Crippen molar-refractivity contribution in [3.05, 3.63) is 59.1 Å². The molecule has 0 radical (unpaired) electrons. The number of halogens is 2. The van der Waals surface area contributed by atoms with Gasteiger partial charge in [0.1, 0.15) is 5.82 Å². The van der Waals surface area contributed by atoms with Crippen LogP contribution in [0, 0.1) is 5.82 Å². The van der Waals surface area contributed by atoms with Crippen LogP contribution in [0.3, 0.4) is 0 Å². The minimum Gasteiger partial charge on any atom is -0.394 e. The van der Waals surface area contributed by atoms with E-state index >= 15 is 0 Å². The second-order valence-corrected chi connectivity index (χ2v) is 9.57. The Balaban J connectivity index is 1.39. The summed E-state index contributed by atoms with van der Waals surface area (Å²) in [4.78, 5) is 21.5. The van der Waals surface area contributed by atoms with Gasteiger partial charge in [-0.1, -0.05) is 17.7 Å². The molecule has 7 nitrogen and oxygen atoms in total. The topological polar surface area (TPSA) is 73.6 Å². The predicted molar refractivity (Wildman–Crippen MR) is 131 cm³/mol. The highest BCUT2D eigenvalue weighted by Crippen LogP contribution is 2.30. The van der Waals surface area contributed by atoms with Gasteiger partial charge in [0.15, 0.2) is 0 Å². The zero-order chi connectivity index (χ0) is 23.8. The molecule has 1 aromatic heterocycles. The quantitative estimate of drug-likeness (QED) is 0.580. The maximum atomic E-state index is 14.6. The lowest BCUT2D eigenvalue weighted by Gasteiger charge is -2.42. The van der Waals surface area contributed by atoms with Gasteiger partial charge in [-0.15, -0.1) is 0 Å². The third-order valence-electron chi connectivity index (χ3n) is 7.09. The van der Waals surface area contributed by atoms with Crippen molar-refractivity contribution in [3.63, 3.8) is 0 Å². The van der Waals surface area contributed by atoms with Crippen molar-refractivity contribution in [1.82, 2.24) is 19.8 Å². The van der Waals surface area contributed by atoms with E-state index in [9.17, 15) is 14.3 Å².